The fraction of sp³-hybridized carbons (Fsp3) is 0.875. The second-order valence-electron chi connectivity index (χ2n) is 6.51. The van der Waals surface area contributed by atoms with Crippen molar-refractivity contribution in [2.45, 2.75) is 51.4 Å². The van der Waals surface area contributed by atoms with Crippen LogP contribution in [0.4, 0.5) is 0 Å². The van der Waals surface area contributed by atoms with Crippen LogP contribution in [0.25, 0.3) is 0 Å². The van der Waals surface area contributed by atoms with Gasteiger partial charge in [0.2, 0.25) is 11.8 Å². The molecule has 0 aromatic rings. The van der Waals surface area contributed by atoms with Crippen molar-refractivity contribution >= 4 is 11.8 Å². The predicted octanol–water partition coefficient (Wildman–Crippen LogP) is 1.27. The molecule has 0 aromatic carbocycles. The zero-order valence-corrected chi connectivity index (χ0v) is 13.0. The quantitative estimate of drug-likeness (QED) is 0.775. The van der Waals surface area contributed by atoms with Crippen molar-refractivity contribution in [3.8, 4) is 0 Å². The van der Waals surface area contributed by atoms with Gasteiger partial charge in [0.25, 0.3) is 0 Å². The average Bonchev–Trinajstić information content (AvgIpc) is 3.02. The third kappa shape index (κ3) is 5.30. The molecule has 1 heterocycles. The van der Waals surface area contributed by atoms with E-state index in [9.17, 15) is 9.59 Å². The Kier molecular flexibility index (Phi) is 6.49. The Morgan fingerprint density at radius 2 is 1.67 bits per heavy atom. The molecule has 0 unspecified atom stereocenters. The molecule has 2 amide bonds. The first kappa shape index (κ1) is 16.3. The highest BCUT2D eigenvalue weighted by molar-refractivity contribution is 5.79. The molecule has 5 nitrogen and oxygen atoms in total. The van der Waals surface area contributed by atoms with Crippen molar-refractivity contribution in [1.82, 2.24) is 10.2 Å². The van der Waals surface area contributed by atoms with Gasteiger partial charge < -0.3 is 16.0 Å². The number of nitrogens with one attached hydrogen (secondary N) is 1. The molecule has 120 valence electrons. The molecule has 0 bridgehead atoms. The Hall–Kier alpha value is -1.10. The van der Waals surface area contributed by atoms with Gasteiger partial charge in [-0.05, 0) is 56.9 Å². The Balaban J connectivity index is 1.56. The third-order valence-electron chi connectivity index (χ3n) is 4.89. The van der Waals surface area contributed by atoms with Crippen molar-refractivity contribution in [1.29, 1.82) is 0 Å². The van der Waals surface area contributed by atoms with E-state index in [-0.39, 0.29) is 11.8 Å². The topological polar surface area (TPSA) is 75.4 Å². The molecular weight excluding hydrogens is 266 g/mol. The molecule has 0 aromatic heterocycles. The summed E-state index contributed by atoms with van der Waals surface area (Å²) in [4.78, 5) is 25.7. The SMILES string of the molecule is NCC1CCC(CC(=O)NCCC(=O)N2CCCC2)CC1. The lowest BCUT2D eigenvalue weighted by Gasteiger charge is -2.27. The van der Waals surface area contributed by atoms with E-state index in [1.54, 1.807) is 0 Å². The van der Waals surface area contributed by atoms with Gasteiger partial charge in [0.05, 0.1) is 0 Å². The lowest BCUT2D eigenvalue weighted by molar-refractivity contribution is -0.130. The maximum absolute atomic E-state index is 11.9. The van der Waals surface area contributed by atoms with Crippen molar-refractivity contribution in [2.24, 2.45) is 17.6 Å². The number of hydrogen-bond acceptors (Lipinski definition) is 3. The maximum Gasteiger partial charge on any atom is 0.224 e. The van der Waals surface area contributed by atoms with Gasteiger partial charge in [0, 0.05) is 32.5 Å². The summed E-state index contributed by atoms with van der Waals surface area (Å²) < 4.78 is 0. The molecule has 0 spiro atoms. The number of carbonyl (C=O) groups excluding carboxylic acids is 2. The Morgan fingerprint density at radius 3 is 2.29 bits per heavy atom. The van der Waals surface area contributed by atoms with Gasteiger partial charge >= 0.3 is 0 Å². The Morgan fingerprint density at radius 1 is 1.05 bits per heavy atom. The summed E-state index contributed by atoms with van der Waals surface area (Å²) in [6.07, 6.45) is 7.81. The lowest BCUT2D eigenvalue weighted by Crippen LogP contribution is -2.33. The summed E-state index contributed by atoms with van der Waals surface area (Å²) in [5.74, 6) is 1.43. The number of nitrogens with two attached hydrogens (primary N) is 1. The number of hydrogen-bond donors (Lipinski definition) is 2. The van der Waals surface area contributed by atoms with Crippen LogP contribution in [0.2, 0.25) is 0 Å². The Bertz CT molecular complexity index is 345. The van der Waals surface area contributed by atoms with Gasteiger partial charge in [-0.1, -0.05) is 0 Å². The third-order valence-corrected chi connectivity index (χ3v) is 4.89. The van der Waals surface area contributed by atoms with E-state index in [4.69, 9.17) is 5.73 Å². The largest absolute Gasteiger partial charge is 0.356 e. The van der Waals surface area contributed by atoms with E-state index in [0.29, 0.717) is 31.2 Å². The van der Waals surface area contributed by atoms with E-state index in [2.05, 4.69) is 5.32 Å². The van der Waals surface area contributed by atoms with Crippen LogP contribution in [0.15, 0.2) is 0 Å². The highest BCUT2D eigenvalue weighted by Crippen LogP contribution is 2.29. The van der Waals surface area contributed by atoms with E-state index in [1.807, 2.05) is 4.90 Å². The van der Waals surface area contributed by atoms with E-state index in [0.717, 1.165) is 58.2 Å². The number of rotatable bonds is 6. The molecule has 0 atom stereocenters. The number of nitrogens with zero attached hydrogens (tertiary/aromatic N) is 1. The van der Waals surface area contributed by atoms with Crippen molar-refractivity contribution in [2.75, 3.05) is 26.2 Å². The molecule has 21 heavy (non-hydrogen) atoms. The number of likely N-dealkylation sites (tertiary alicyclic amines) is 1. The highest BCUT2D eigenvalue weighted by atomic mass is 16.2. The molecular formula is C16H29N3O2. The average molecular weight is 295 g/mol. The predicted molar refractivity (Wildman–Crippen MR) is 82.6 cm³/mol. The first-order chi connectivity index (χ1) is 10.2. The smallest absolute Gasteiger partial charge is 0.224 e. The zero-order valence-electron chi connectivity index (χ0n) is 13.0. The van der Waals surface area contributed by atoms with Gasteiger partial charge in [-0.25, -0.2) is 0 Å². The molecule has 5 heteroatoms. The van der Waals surface area contributed by atoms with Gasteiger partial charge in [0.1, 0.15) is 0 Å². The van der Waals surface area contributed by atoms with Gasteiger partial charge in [0.15, 0.2) is 0 Å². The summed E-state index contributed by atoms with van der Waals surface area (Å²) >= 11 is 0. The Labute approximate surface area is 127 Å². The summed E-state index contributed by atoms with van der Waals surface area (Å²) in [5.41, 5.74) is 5.68. The van der Waals surface area contributed by atoms with Crippen molar-refractivity contribution in [3.05, 3.63) is 0 Å². The molecule has 1 saturated heterocycles. The minimum Gasteiger partial charge on any atom is -0.356 e. The molecule has 2 rings (SSSR count). The minimum atomic E-state index is 0.0976. The van der Waals surface area contributed by atoms with Crippen molar-refractivity contribution in [3.63, 3.8) is 0 Å². The summed E-state index contributed by atoms with van der Waals surface area (Å²) in [6, 6.07) is 0. The second kappa shape index (κ2) is 8.37. The maximum atomic E-state index is 11.9. The monoisotopic (exact) mass is 295 g/mol. The van der Waals surface area contributed by atoms with Crippen molar-refractivity contribution < 1.29 is 9.59 Å². The van der Waals surface area contributed by atoms with Gasteiger partial charge in [-0.3, -0.25) is 9.59 Å². The first-order valence-electron chi connectivity index (χ1n) is 8.43. The van der Waals surface area contributed by atoms with E-state index >= 15 is 0 Å². The molecule has 1 aliphatic heterocycles. The molecule has 2 aliphatic rings. The van der Waals surface area contributed by atoms with Gasteiger partial charge in [-0.15, -0.1) is 0 Å². The molecule has 0 radical (unpaired) electrons. The zero-order chi connectivity index (χ0) is 15.1. The second-order valence-corrected chi connectivity index (χ2v) is 6.51. The van der Waals surface area contributed by atoms with Crippen LogP contribution in [0, 0.1) is 11.8 Å². The van der Waals surface area contributed by atoms with Crippen LogP contribution < -0.4 is 11.1 Å². The highest BCUT2D eigenvalue weighted by Gasteiger charge is 2.22. The fourth-order valence-electron chi connectivity index (χ4n) is 3.44. The molecule has 2 fully saturated rings. The van der Waals surface area contributed by atoms with Crippen LogP contribution in [0.1, 0.15) is 51.4 Å². The fourth-order valence-corrected chi connectivity index (χ4v) is 3.44. The van der Waals surface area contributed by atoms with E-state index in [1.165, 1.54) is 0 Å². The number of carbonyl (C=O) groups is 2. The van der Waals surface area contributed by atoms with Crippen LogP contribution in [0.5, 0.6) is 0 Å². The normalized spacial score (nSPS) is 25.9. The van der Waals surface area contributed by atoms with Crippen LogP contribution in [-0.2, 0) is 9.59 Å². The molecule has 1 saturated carbocycles. The first-order valence-corrected chi connectivity index (χ1v) is 8.43. The number of amides is 2. The van der Waals surface area contributed by atoms with Crippen LogP contribution in [0.3, 0.4) is 0 Å². The summed E-state index contributed by atoms with van der Waals surface area (Å²) in [5, 5.41) is 2.90. The van der Waals surface area contributed by atoms with Crippen LogP contribution >= 0.6 is 0 Å². The lowest BCUT2D eigenvalue weighted by atomic mass is 9.80. The standard InChI is InChI=1S/C16H29N3O2/c17-12-14-5-3-13(4-6-14)11-15(20)18-8-7-16(21)19-9-1-2-10-19/h13-14H,1-12,17H2,(H,18,20). The van der Waals surface area contributed by atoms with E-state index < -0.39 is 0 Å². The van der Waals surface area contributed by atoms with Crippen LogP contribution in [-0.4, -0.2) is 42.9 Å². The minimum absolute atomic E-state index is 0.0976. The molecule has 1 aliphatic carbocycles. The van der Waals surface area contributed by atoms with Gasteiger partial charge in [-0.2, -0.15) is 0 Å². The summed E-state index contributed by atoms with van der Waals surface area (Å²) in [6.45, 7) is 3.03. The summed E-state index contributed by atoms with van der Waals surface area (Å²) in [7, 11) is 0. The molecule has 3 N–H and O–H groups in total.